The van der Waals surface area contributed by atoms with Gasteiger partial charge in [-0.1, -0.05) is 13.0 Å². The Morgan fingerprint density at radius 2 is 1.79 bits per heavy atom. The first-order valence-corrected chi connectivity index (χ1v) is 10.6. The van der Waals surface area contributed by atoms with E-state index in [-0.39, 0.29) is 16.2 Å². The van der Waals surface area contributed by atoms with Gasteiger partial charge in [-0.2, -0.15) is 9.41 Å². The summed E-state index contributed by atoms with van der Waals surface area (Å²) < 4.78 is 26.8. The molecule has 1 aliphatic rings. The molecule has 0 aliphatic carbocycles. The summed E-state index contributed by atoms with van der Waals surface area (Å²) in [6.45, 7) is 2.92. The molecule has 1 amide bonds. The lowest BCUT2D eigenvalue weighted by molar-refractivity contribution is 0.0954. The number of hydrogen-bond donors (Lipinski definition) is 2. The highest BCUT2D eigenvalue weighted by atomic mass is 32.2. The molecule has 0 unspecified atom stereocenters. The lowest BCUT2D eigenvalue weighted by Crippen LogP contribution is -2.28. The topological polar surface area (TPSA) is 99.1 Å². The molecule has 0 radical (unpaired) electrons. The van der Waals surface area contributed by atoms with Crippen LogP contribution in [-0.2, 0) is 10.0 Å². The van der Waals surface area contributed by atoms with Crippen molar-refractivity contribution in [3.8, 4) is 5.75 Å². The van der Waals surface area contributed by atoms with Crippen molar-refractivity contribution in [3.05, 3.63) is 59.7 Å². The van der Waals surface area contributed by atoms with Crippen molar-refractivity contribution < 1.29 is 18.3 Å². The second-order valence-corrected chi connectivity index (χ2v) is 8.48. The summed E-state index contributed by atoms with van der Waals surface area (Å²) in [6.07, 6.45) is 2.28. The Balaban J connectivity index is 1.78. The molecule has 2 N–H and O–H groups in total. The molecule has 1 heterocycles. The summed E-state index contributed by atoms with van der Waals surface area (Å²) in [4.78, 5) is 12.6. The van der Waals surface area contributed by atoms with E-state index in [9.17, 15) is 18.3 Å². The van der Waals surface area contributed by atoms with Crippen molar-refractivity contribution in [1.29, 1.82) is 0 Å². The number of aromatic hydroxyl groups is 1. The van der Waals surface area contributed by atoms with Gasteiger partial charge in [-0.25, -0.2) is 13.8 Å². The zero-order chi connectivity index (χ0) is 20.1. The van der Waals surface area contributed by atoms with Crippen molar-refractivity contribution in [1.82, 2.24) is 9.73 Å². The first-order valence-electron chi connectivity index (χ1n) is 9.18. The highest BCUT2D eigenvalue weighted by molar-refractivity contribution is 7.89. The van der Waals surface area contributed by atoms with Crippen molar-refractivity contribution in [3.63, 3.8) is 0 Å². The Kier molecular flexibility index (Phi) is 6.11. The average Bonchev–Trinajstić information content (AvgIpc) is 3.25. The lowest BCUT2D eigenvalue weighted by atomic mass is 10.1. The zero-order valence-electron chi connectivity index (χ0n) is 15.6. The Morgan fingerprint density at radius 1 is 1.11 bits per heavy atom. The lowest BCUT2D eigenvalue weighted by Gasteiger charge is -2.15. The maximum Gasteiger partial charge on any atom is 0.271 e. The van der Waals surface area contributed by atoms with Gasteiger partial charge >= 0.3 is 0 Å². The summed E-state index contributed by atoms with van der Waals surface area (Å²) in [5.74, 6) is -0.331. The third-order valence-corrected chi connectivity index (χ3v) is 6.52. The van der Waals surface area contributed by atoms with E-state index >= 15 is 0 Å². The smallest absolute Gasteiger partial charge is 0.271 e. The Labute approximate surface area is 164 Å². The second kappa shape index (κ2) is 8.53. The summed E-state index contributed by atoms with van der Waals surface area (Å²) in [6, 6.07) is 12.5. The maximum atomic E-state index is 12.7. The summed E-state index contributed by atoms with van der Waals surface area (Å²) >= 11 is 0. The highest BCUT2D eigenvalue weighted by Crippen LogP contribution is 2.21. The number of phenolic OH excluding ortho intramolecular Hbond substituents is 1. The Hall–Kier alpha value is -2.71. The molecule has 1 saturated heterocycles. The third-order valence-electron chi connectivity index (χ3n) is 4.63. The molecule has 1 fully saturated rings. The molecule has 2 aromatic carbocycles. The number of sulfonamides is 1. The first-order chi connectivity index (χ1) is 13.4. The van der Waals surface area contributed by atoms with E-state index in [2.05, 4.69) is 10.5 Å². The van der Waals surface area contributed by atoms with Gasteiger partial charge < -0.3 is 5.11 Å². The van der Waals surface area contributed by atoms with Gasteiger partial charge in [0.1, 0.15) is 5.75 Å². The summed E-state index contributed by atoms with van der Waals surface area (Å²) in [5.41, 5.74) is 4.15. The van der Waals surface area contributed by atoms with Gasteiger partial charge in [-0.15, -0.1) is 0 Å². The van der Waals surface area contributed by atoms with Gasteiger partial charge in [0.25, 0.3) is 5.91 Å². The fourth-order valence-corrected chi connectivity index (χ4v) is 4.62. The number of nitrogens with zero attached hydrogens (tertiary/aromatic N) is 2. The van der Waals surface area contributed by atoms with Gasteiger partial charge in [0.05, 0.1) is 10.6 Å². The van der Waals surface area contributed by atoms with Gasteiger partial charge in [0.15, 0.2) is 0 Å². The van der Waals surface area contributed by atoms with Crippen LogP contribution in [0.2, 0.25) is 0 Å². The van der Waals surface area contributed by atoms with Crippen molar-refractivity contribution >= 4 is 21.6 Å². The van der Waals surface area contributed by atoms with Crippen molar-refractivity contribution in [2.24, 2.45) is 5.10 Å². The highest BCUT2D eigenvalue weighted by Gasteiger charge is 2.27. The predicted molar refractivity (Wildman–Crippen MR) is 107 cm³/mol. The molecule has 0 atom stereocenters. The minimum atomic E-state index is -3.58. The molecule has 0 spiro atoms. The quantitative estimate of drug-likeness (QED) is 0.574. The van der Waals surface area contributed by atoms with Crippen LogP contribution in [-0.4, -0.2) is 42.5 Å². The average molecular weight is 401 g/mol. The van der Waals surface area contributed by atoms with E-state index < -0.39 is 15.9 Å². The van der Waals surface area contributed by atoms with Crippen LogP contribution in [0.3, 0.4) is 0 Å². The number of benzene rings is 2. The van der Waals surface area contributed by atoms with Crippen LogP contribution in [0.5, 0.6) is 5.75 Å². The maximum absolute atomic E-state index is 12.7. The summed E-state index contributed by atoms with van der Waals surface area (Å²) in [7, 11) is -3.58. The number of hydrogen-bond acceptors (Lipinski definition) is 5. The van der Waals surface area contributed by atoms with Crippen LogP contribution in [0, 0.1) is 0 Å². The number of carbonyl (C=O) groups is 1. The number of amides is 1. The molecule has 0 saturated carbocycles. The first kappa shape index (κ1) is 20.0. The predicted octanol–water partition coefficient (Wildman–Crippen LogP) is 2.72. The van der Waals surface area contributed by atoms with Crippen molar-refractivity contribution in [2.75, 3.05) is 13.1 Å². The van der Waals surface area contributed by atoms with Crippen LogP contribution >= 0.6 is 0 Å². The fraction of sp³-hybridized carbons (Fsp3) is 0.300. The van der Waals surface area contributed by atoms with Gasteiger partial charge in [-0.05, 0) is 67.3 Å². The van der Waals surface area contributed by atoms with Crippen LogP contribution in [0.4, 0.5) is 0 Å². The molecule has 3 rings (SSSR count). The normalized spacial score (nSPS) is 15.5. The number of nitrogens with one attached hydrogen (secondary N) is 1. The van der Waals surface area contributed by atoms with E-state index in [0.29, 0.717) is 25.2 Å². The van der Waals surface area contributed by atoms with Gasteiger partial charge in [-0.3, -0.25) is 4.79 Å². The Bertz CT molecular complexity index is 979. The monoisotopic (exact) mass is 401 g/mol. The molecule has 8 heteroatoms. The van der Waals surface area contributed by atoms with E-state index in [0.717, 1.165) is 18.4 Å². The molecular weight excluding hydrogens is 378 g/mol. The zero-order valence-corrected chi connectivity index (χ0v) is 16.4. The van der Waals surface area contributed by atoms with Gasteiger partial charge in [0.2, 0.25) is 10.0 Å². The molecule has 28 heavy (non-hydrogen) atoms. The molecule has 7 nitrogen and oxygen atoms in total. The van der Waals surface area contributed by atoms with Crippen LogP contribution < -0.4 is 5.43 Å². The molecule has 0 aromatic heterocycles. The minimum absolute atomic E-state index is 0.111. The third kappa shape index (κ3) is 4.40. The second-order valence-electron chi connectivity index (χ2n) is 6.54. The van der Waals surface area contributed by atoms with Crippen LogP contribution in [0.15, 0.2) is 58.5 Å². The number of rotatable bonds is 6. The minimum Gasteiger partial charge on any atom is -0.508 e. The molecule has 1 aliphatic heterocycles. The van der Waals surface area contributed by atoms with Crippen molar-refractivity contribution in [2.45, 2.75) is 31.1 Å². The van der Waals surface area contributed by atoms with Crippen LogP contribution in [0.1, 0.15) is 42.1 Å². The standard InChI is InChI=1S/C20H23N3O4S/c1-2-19(15-8-10-17(24)11-9-15)21-22-20(25)16-6-5-7-18(14-16)28(26,27)23-12-3-4-13-23/h5-11,14,24H,2-4,12-13H2,1H3,(H,22,25)/b21-19+. The fourth-order valence-electron chi connectivity index (χ4n) is 3.06. The van der Waals surface area contributed by atoms with Crippen LogP contribution in [0.25, 0.3) is 0 Å². The number of carbonyl (C=O) groups excluding carboxylic acids is 1. The van der Waals surface area contributed by atoms with Gasteiger partial charge in [0, 0.05) is 18.7 Å². The Morgan fingerprint density at radius 3 is 2.43 bits per heavy atom. The molecule has 148 valence electrons. The number of hydrazone groups is 1. The molecule has 0 bridgehead atoms. The molecule has 2 aromatic rings. The van der Waals surface area contributed by atoms with E-state index in [1.165, 1.54) is 16.4 Å². The largest absolute Gasteiger partial charge is 0.508 e. The van der Waals surface area contributed by atoms with E-state index in [1.807, 2.05) is 6.92 Å². The van der Waals surface area contributed by atoms with E-state index in [1.54, 1.807) is 36.4 Å². The van der Waals surface area contributed by atoms with E-state index in [4.69, 9.17) is 0 Å². The SMILES string of the molecule is CC/C(=N\NC(=O)c1cccc(S(=O)(=O)N2CCCC2)c1)c1ccc(O)cc1. The number of phenols is 1. The summed E-state index contributed by atoms with van der Waals surface area (Å²) in [5, 5.41) is 13.5. The molecular formula is C20H23N3O4S.